The third-order valence-electron chi connectivity index (χ3n) is 12.3. The molecule has 9 aromatic carbocycles. The molecular weight excluding hydrogens is 715 g/mol. The summed E-state index contributed by atoms with van der Waals surface area (Å²) in [6.07, 6.45) is 0. The van der Waals surface area contributed by atoms with Gasteiger partial charge in [-0.1, -0.05) is 184 Å². The summed E-state index contributed by atoms with van der Waals surface area (Å²) in [7, 11) is 0. The number of hydrogen-bond acceptors (Lipinski definition) is 2. The molecule has 2 nitrogen and oxygen atoms in total. The molecule has 0 saturated heterocycles. The third kappa shape index (κ3) is 5.79. The quantitative estimate of drug-likeness (QED) is 0.168. The molecule has 11 rings (SSSR count). The first-order chi connectivity index (χ1) is 29.0. The van der Waals surface area contributed by atoms with Crippen molar-refractivity contribution in [2.24, 2.45) is 0 Å². The van der Waals surface area contributed by atoms with E-state index in [4.69, 9.17) is 4.74 Å². The summed E-state index contributed by atoms with van der Waals surface area (Å²) in [5, 5.41) is 0. The number of fused-ring (bicyclic) bond motifs is 8. The van der Waals surface area contributed by atoms with Gasteiger partial charge in [-0.05, 0) is 104 Å². The lowest BCUT2D eigenvalue weighted by molar-refractivity contribution is 0.489. The van der Waals surface area contributed by atoms with Crippen molar-refractivity contribution in [3.63, 3.8) is 0 Å². The Balaban J connectivity index is 1.16. The molecule has 2 heteroatoms. The van der Waals surface area contributed by atoms with Crippen molar-refractivity contribution in [3.05, 3.63) is 223 Å². The molecule has 0 N–H and O–H groups in total. The highest BCUT2D eigenvalue weighted by Gasteiger charge is 2.36. The Morgan fingerprint density at radius 2 is 0.898 bits per heavy atom. The van der Waals surface area contributed by atoms with Crippen LogP contribution in [0.1, 0.15) is 25.0 Å². The van der Waals surface area contributed by atoms with Crippen LogP contribution in [0.5, 0.6) is 11.5 Å². The van der Waals surface area contributed by atoms with Crippen molar-refractivity contribution in [1.82, 2.24) is 0 Å². The smallest absolute Gasteiger partial charge is 0.143 e. The molecule has 0 fully saturated rings. The molecule has 9 aromatic rings. The van der Waals surface area contributed by atoms with Crippen LogP contribution in [0.25, 0.3) is 66.8 Å². The second kappa shape index (κ2) is 13.9. The van der Waals surface area contributed by atoms with E-state index in [0.717, 1.165) is 67.5 Å². The van der Waals surface area contributed by atoms with Crippen molar-refractivity contribution in [2.75, 3.05) is 4.90 Å². The van der Waals surface area contributed by atoms with Crippen LogP contribution in [0.2, 0.25) is 0 Å². The van der Waals surface area contributed by atoms with Gasteiger partial charge in [-0.25, -0.2) is 0 Å². The monoisotopic (exact) mass is 755 g/mol. The average Bonchev–Trinajstić information content (AvgIpc) is 3.42. The van der Waals surface area contributed by atoms with Gasteiger partial charge in [0.25, 0.3) is 0 Å². The highest BCUT2D eigenvalue weighted by molar-refractivity contribution is 6.02. The first-order valence-corrected chi connectivity index (χ1v) is 20.4. The zero-order chi connectivity index (χ0) is 39.5. The lowest BCUT2D eigenvalue weighted by Gasteiger charge is -2.30. The van der Waals surface area contributed by atoms with Crippen molar-refractivity contribution >= 4 is 17.1 Å². The van der Waals surface area contributed by atoms with Crippen LogP contribution in [0.15, 0.2) is 212 Å². The number of hydrogen-bond donors (Lipinski definition) is 0. The molecule has 280 valence electrons. The van der Waals surface area contributed by atoms with Crippen LogP contribution >= 0.6 is 0 Å². The van der Waals surface area contributed by atoms with Gasteiger partial charge in [-0.2, -0.15) is 0 Å². The molecule has 0 atom stereocenters. The van der Waals surface area contributed by atoms with Gasteiger partial charge in [0.05, 0.1) is 5.69 Å². The number of benzene rings is 9. The molecule has 2 aliphatic rings. The fourth-order valence-corrected chi connectivity index (χ4v) is 9.36. The summed E-state index contributed by atoms with van der Waals surface area (Å²) in [6, 6.07) is 76.7. The first-order valence-electron chi connectivity index (χ1n) is 20.4. The Bertz CT molecular complexity index is 3020. The fraction of sp³-hybridized carbons (Fsp3) is 0.0526. The summed E-state index contributed by atoms with van der Waals surface area (Å²) >= 11 is 0. The van der Waals surface area contributed by atoms with Gasteiger partial charge in [-0.15, -0.1) is 0 Å². The minimum atomic E-state index is -0.155. The largest absolute Gasteiger partial charge is 0.455 e. The van der Waals surface area contributed by atoms with E-state index in [-0.39, 0.29) is 5.41 Å². The second-order valence-corrected chi connectivity index (χ2v) is 16.1. The minimum Gasteiger partial charge on any atom is -0.455 e. The highest BCUT2D eigenvalue weighted by atomic mass is 16.5. The number of nitrogens with zero attached hydrogens (tertiary/aromatic N) is 1. The van der Waals surface area contributed by atoms with Crippen LogP contribution in [0.3, 0.4) is 0 Å². The summed E-state index contributed by atoms with van der Waals surface area (Å²) < 4.78 is 7.28. The molecule has 59 heavy (non-hydrogen) atoms. The molecule has 0 spiro atoms. The van der Waals surface area contributed by atoms with Crippen molar-refractivity contribution < 1.29 is 4.74 Å². The Morgan fingerprint density at radius 3 is 1.64 bits per heavy atom. The molecule has 0 amide bonds. The Kier molecular flexibility index (Phi) is 8.20. The van der Waals surface area contributed by atoms with E-state index >= 15 is 0 Å². The summed E-state index contributed by atoms with van der Waals surface area (Å²) in [5.41, 5.74) is 19.6. The zero-order valence-corrected chi connectivity index (χ0v) is 33.1. The molecule has 0 radical (unpaired) electrons. The van der Waals surface area contributed by atoms with Crippen molar-refractivity contribution in [1.29, 1.82) is 0 Å². The Labute approximate surface area is 346 Å². The second-order valence-electron chi connectivity index (χ2n) is 16.1. The summed E-state index contributed by atoms with van der Waals surface area (Å²) in [5.74, 6) is 1.68. The fourth-order valence-electron chi connectivity index (χ4n) is 9.36. The predicted octanol–water partition coefficient (Wildman–Crippen LogP) is 15.9. The topological polar surface area (TPSA) is 12.5 Å². The maximum Gasteiger partial charge on any atom is 0.143 e. The van der Waals surface area contributed by atoms with Crippen LogP contribution in [0.4, 0.5) is 17.1 Å². The van der Waals surface area contributed by atoms with Gasteiger partial charge in [0.1, 0.15) is 11.5 Å². The molecule has 0 bridgehead atoms. The van der Waals surface area contributed by atoms with Crippen LogP contribution in [0, 0.1) is 0 Å². The van der Waals surface area contributed by atoms with Crippen LogP contribution in [-0.2, 0) is 5.41 Å². The minimum absolute atomic E-state index is 0.155. The van der Waals surface area contributed by atoms with E-state index in [1.54, 1.807) is 0 Å². The van der Waals surface area contributed by atoms with Gasteiger partial charge in [-0.3, -0.25) is 0 Å². The lowest BCUT2D eigenvalue weighted by atomic mass is 9.82. The van der Waals surface area contributed by atoms with Gasteiger partial charge in [0, 0.05) is 33.5 Å². The maximum atomic E-state index is 7.28. The molecule has 0 saturated carbocycles. The standard InChI is InChI=1S/C57H41NO/c1-57(2)51-25-13-12-22-46(51)47-35-33-44(37-52(47)57)58(43-31-28-40(29-32-43)38-16-6-3-7-17-38)53-26-15-27-54-55(53)48-34-30-42(39-18-8-4-9-19-39)36-50(48)49-24-14-23-45(56(49)59-54)41-20-10-5-11-21-41/h3-37H,1-2H3. The molecular formula is C57H41NO. The Morgan fingerprint density at radius 1 is 0.356 bits per heavy atom. The molecule has 1 aliphatic carbocycles. The van der Waals surface area contributed by atoms with E-state index in [1.165, 1.54) is 38.9 Å². The SMILES string of the molecule is CC1(C)c2ccccc2-c2ccc(N(c3ccc(-c4ccccc4)cc3)c3cccc4c3-c3ccc(-c5ccccc5)cc3-c3cccc(-c5ccccc5)c3O4)cc21. The number of anilines is 3. The highest BCUT2D eigenvalue weighted by Crippen LogP contribution is 2.56. The van der Waals surface area contributed by atoms with Crippen LogP contribution in [-0.4, -0.2) is 0 Å². The normalized spacial score (nSPS) is 12.8. The number of ether oxygens (including phenoxy) is 1. The summed E-state index contributed by atoms with van der Waals surface area (Å²) in [6.45, 7) is 4.70. The number of rotatable bonds is 6. The molecule has 0 unspecified atom stereocenters. The molecule has 1 aliphatic heterocycles. The average molecular weight is 756 g/mol. The van der Waals surface area contributed by atoms with Crippen molar-refractivity contribution in [3.8, 4) is 78.3 Å². The van der Waals surface area contributed by atoms with E-state index < -0.39 is 0 Å². The predicted molar refractivity (Wildman–Crippen MR) is 246 cm³/mol. The Hall–Kier alpha value is -7.42. The third-order valence-corrected chi connectivity index (χ3v) is 12.3. The van der Waals surface area contributed by atoms with Gasteiger partial charge < -0.3 is 9.64 Å². The van der Waals surface area contributed by atoms with Gasteiger partial charge in [0.2, 0.25) is 0 Å². The molecule has 1 heterocycles. The number of para-hydroxylation sites is 1. The lowest BCUT2D eigenvalue weighted by Crippen LogP contribution is -2.17. The summed E-state index contributed by atoms with van der Waals surface area (Å²) in [4.78, 5) is 2.43. The van der Waals surface area contributed by atoms with Crippen molar-refractivity contribution in [2.45, 2.75) is 19.3 Å². The van der Waals surface area contributed by atoms with E-state index in [2.05, 4.69) is 231 Å². The zero-order valence-electron chi connectivity index (χ0n) is 33.1. The molecule has 0 aromatic heterocycles. The van der Waals surface area contributed by atoms with E-state index in [9.17, 15) is 0 Å². The first kappa shape index (κ1) is 34.8. The van der Waals surface area contributed by atoms with Crippen LogP contribution < -0.4 is 9.64 Å². The van der Waals surface area contributed by atoms with E-state index in [1.807, 2.05) is 0 Å². The van der Waals surface area contributed by atoms with E-state index in [0.29, 0.717) is 0 Å². The maximum absolute atomic E-state index is 7.28. The van der Waals surface area contributed by atoms with Gasteiger partial charge in [0.15, 0.2) is 0 Å². The van der Waals surface area contributed by atoms with Gasteiger partial charge >= 0.3 is 0 Å².